The molecule has 21 heavy (non-hydrogen) atoms. The zero-order valence-corrected chi connectivity index (χ0v) is 11.8. The highest BCUT2D eigenvalue weighted by molar-refractivity contribution is 5.70. The Morgan fingerprint density at radius 1 is 1.10 bits per heavy atom. The van der Waals surface area contributed by atoms with Gasteiger partial charge in [0.2, 0.25) is 0 Å². The van der Waals surface area contributed by atoms with Gasteiger partial charge in [-0.05, 0) is 30.2 Å². The molecule has 1 amide bonds. The number of amides is 1. The number of alkyl carbamates (subject to hydrolysis) is 1. The molecule has 1 heterocycles. The molecule has 1 N–H and O–H groups in total. The number of cyclic esters (lactones) is 1. The Kier molecular flexibility index (Phi) is 3.77. The summed E-state index contributed by atoms with van der Waals surface area (Å²) in [6.07, 6.45) is -0.599. The van der Waals surface area contributed by atoms with Gasteiger partial charge in [-0.2, -0.15) is 0 Å². The number of nitrogens with one attached hydrogen (secondary N) is 1. The molecule has 0 radical (unpaired) electrons. The number of rotatable bonds is 4. The number of carbonyl (C=O) groups excluding carboxylic acids is 1. The Morgan fingerprint density at radius 2 is 1.81 bits per heavy atom. The van der Waals surface area contributed by atoms with Gasteiger partial charge in [-0.25, -0.2) is 4.79 Å². The monoisotopic (exact) mass is 283 g/mol. The van der Waals surface area contributed by atoms with E-state index in [2.05, 4.69) is 5.32 Å². The molecular weight excluding hydrogens is 266 g/mol. The molecule has 2 aromatic carbocycles. The third-order valence-corrected chi connectivity index (χ3v) is 3.49. The first-order valence-corrected chi connectivity index (χ1v) is 6.96. The maximum atomic E-state index is 11.2. The lowest BCUT2D eigenvalue weighted by molar-refractivity contribution is 0.134. The topological polar surface area (TPSA) is 47.6 Å². The van der Waals surface area contributed by atoms with Crippen LogP contribution >= 0.6 is 0 Å². The van der Waals surface area contributed by atoms with Crippen molar-refractivity contribution < 1.29 is 14.3 Å². The van der Waals surface area contributed by atoms with Crippen molar-refractivity contribution in [1.29, 1.82) is 0 Å². The third kappa shape index (κ3) is 3.16. The van der Waals surface area contributed by atoms with Crippen LogP contribution in [-0.4, -0.2) is 12.1 Å². The Bertz CT molecular complexity index is 610. The van der Waals surface area contributed by atoms with Crippen LogP contribution in [-0.2, 0) is 11.3 Å². The quantitative estimate of drug-likeness (QED) is 0.935. The Labute approximate surface area is 123 Å². The zero-order chi connectivity index (χ0) is 14.7. The first kappa shape index (κ1) is 13.5. The summed E-state index contributed by atoms with van der Waals surface area (Å²) < 4.78 is 11.0. The van der Waals surface area contributed by atoms with Gasteiger partial charge in [-0.15, -0.1) is 0 Å². The van der Waals surface area contributed by atoms with Gasteiger partial charge in [0.15, 0.2) is 0 Å². The van der Waals surface area contributed by atoms with Crippen LogP contribution in [0, 0.1) is 0 Å². The van der Waals surface area contributed by atoms with Crippen LogP contribution in [0.15, 0.2) is 54.6 Å². The van der Waals surface area contributed by atoms with Crippen molar-refractivity contribution in [2.45, 2.75) is 25.7 Å². The smallest absolute Gasteiger partial charge is 0.408 e. The largest absolute Gasteiger partial charge is 0.489 e. The van der Waals surface area contributed by atoms with Crippen LogP contribution < -0.4 is 10.1 Å². The molecule has 0 unspecified atom stereocenters. The third-order valence-electron chi connectivity index (χ3n) is 3.49. The van der Waals surface area contributed by atoms with Gasteiger partial charge in [-0.3, -0.25) is 0 Å². The molecule has 0 saturated carbocycles. The average molecular weight is 283 g/mol. The summed E-state index contributed by atoms with van der Waals surface area (Å²) in [6.45, 7) is 2.46. The van der Waals surface area contributed by atoms with E-state index in [1.807, 2.05) is 61.5 Å². The Morgan fingerprint density at radius 3 is 2.43 bits per heavy atom. The van der Waals surface area contributed by atoms with Gasteiger partial charge < -0.3 is 14.8 Å². The standard InChI is InChI=1S/C17H17NO3/c1-12-16(21-17(19)18-12)14-7-9-15(10-8-14)20-11-13-5-3-2-4-6-13/h2-10,12,16H,11H2,1H3,(H,18,19)/t12-,16+/m1/s1. The van der Waals surface area contributed by atoms with Crippen LogP contribution in [0.3, 0.4) is 0 Å². The Balaban J connectivity index is 1.63. The van der Waals surface area contributed by atoms with Gasteiger partial charge in [0.05, 0.1) is 6.04 Å². The zero-order valence-electron chi connectivity index (χ0n) is 11.8. The number of hydrogen-bond acceptors (Lipinski definition) is 3. The van der Waals surface area contributed by atoms with E-state index in [0.29, 0.717) is 6.61 Å². The van der Waals surface area contributed by atoms with Gasteiger partial charge in [0, 0.05) is 0 Å². The Hall–Kier alpha value is -2.49. The summed E-state index contributed by atoms with van der Waals surface area (Å²) in [7, 11) is 0. The highest BCUT2D eigenvalue weighted by Gasteiger charge is 2.31. The second-order valence-electron chi connectivity index (χ2n) is 5.10. The number of ether oxygens (including phenoxy) is 2. The van der Waals surface area contributed by atoms with Crippen molar-refractivity contribution in [3.8, 4) is 5.75 Å². The SMILES string of the molecule is C[C@H]1NC(=O)O[C@@H]1c1ccc(OCc2ccccc2)cc1. The van der Waals surface area contributed by atoms with E-state index in [-0.39, 0.29) is 18.2 Å². The second-order valence-corrected chi connectivity index (χ2v) is 5.10. The fourth-order valence-corrected chi connectivity index (χ4v) is 2.36. The van der Waals surface area contributed by atoms with Gasteiger partial charge >= 0.3 is 6.09 Å². The average Bonchev–Trinajstić information content (AvgIpc) is 2.85. The van der Waals surface area contributed by atoms with Gasteiger partial charge in [0.1, 0.15) is 18.5 Å². The molecule has 108 valence electrons. The second kappa shape index (κ2) is 5.87. The van der Waals surface area contributed by atoms with Crippen LogP contribution in [0.5, 0.6) is 5.75 Å². The maximum absolute atomic E-state index is 11.2. The normalized spacial score (nSPS) is 20.7. The minimum atomic E-state index is -0.364. The molecule has 0 aliphatic carbocycles. The van der Waals surface area contributed by atoms with E-state index in [1.54, 1.807) is 0 Å². The number of carbonyl (C=O) groups is 1. The fraction of sp³-hybridized carbons (Fsp3) is 0.235. The minimum Gasteiger partial charge on any atom is -0.489 e. The summed E-state index contributed by atoms with van der Waals surface area (Å²) in [5.74, 6) is 0.799. The summed E-state index contributed by atoms with van der Waals surface area (Å²) in [4.78, 5) is 11.2. The van der Waals surface area contributed by atoms with Crippen molar-refractivity contribution in [1.82, 2.24) is 5.32 Å². The molecular formula is C17H17NO3. The van der Waals surface area contributed by atoms with Gasteiger partial charge in [-0.1, -0.05) is 42.5 Å². The van der Waals surface area contributed by atoms with E-state index in [4.69, 9.17) is 9.47 Å². The molecule has 0 bridgehead atoms. The van der Waals surface area contributed by atoms with Crippen LogP contribution in [0.4, 0.5) is 4.79 Å². The predicted octanol–water partition coefficient (Wildman–Crippen LogP) is 3.44. The molecule has 4 nitrogen and oxygen atoms in total. The number of benzene rings is 2. The van der Waals surface area contributed by atoms with Crippen molar-refractivity contribution in [3.05, 3.63) is 65.7 Å². The van der Waals surface area contributed by atoms with Crippen molar-refractivity contribution in [2.75, 3.05) is 0 Å². The van der Waals surface area contributed by atoms with Crippen LogP contribution in [0.1, 0.15) is 24.2 Å². The molecule has 1 saturated heterocycles. The van der Waals surface area contributed by atoms with Gasteiger partial charge in [0.25, 0.3) is 0 Å². The molecule has 2 atom stereocenters. The summed E-state index contributed by atoms with van der Waals surface area (Å²) >= 11 is 0. The molecule has 4 heteroatoms. The molecule has 1 aliphatic rings. The summed E-state index contributed by atoms with van der Waals surface area (Å²) in [5, 5.41) is 2.73. The molecule has 3 rings (SSSR count). The van der Waals surface area contributed by atoms with Crippen LogP contribution in [0.2, 0.25) is 0 Å². The molecule has 1 fully saturated rings. The highest BCUT2D eigenvalue weighted by atomic mass is 16.6. The fourth-order valence-electron chi connectivity index (χ4n) is 2.36. The van der Waals surface area contributed by atoms with E-state index >= 15 is 0 Å². The minimum absolute atomic E-state index is 0.0198. The van der Waals surface area contributed by atoms with Crippen LogP contribution in [0.25, 0.3) is 0 Å². The van der Waals surface area contributed by atoms with E-state index in [0.717, 1.165) is 16.9 Å². The molecule has 0 aromatic heterocycles. The highest BCUT2D eigenvalue weighted by Crippen LogP contribution is 2.27. The molecule has 2 aromatic rings. The molecule has 0 spiro atoms. The van der Waals surface area contributed by atoms with Crippen molar-refractivity contribution in [3.63, 3.8) is 0 Å². The summed E-state index contributed by atoms with van der Waals surface area (Å²) in [6, 6.07) is 17.7. The first-order chi connectivity index (χ1) is 10.2. The first-order valence-electron chi connectivity index (χ1n) is 6.96. The lowest BCUT2D eigenvalue weighted by Gasteiger charge is -2.13. The van der Waals surface area contributed by atoms with Crippen molar-refractivity contribution in [2.24, 2.45) is 0 Å². The number of hydrogen-bond donors (Lipinski definition) is 1. The van der Waals surface area contributed by atoms with E-state index in [1.165, 1.54) is 0 Å². The summed E-state index contributed by atoms with van der Waals surface area (Å²) in [5.41, 5.74) is 2.09. The molecule has 1 aliphatic heterocycles. The predicted molar refractivity (Wildman–Crippen MR) is 79.0 cm³/mol. The maximum Gasteiger partial charge on any atom is 0.408 e. The van der Waals surface area contributed by atoms with Crippen molar-refractivity contribution >= 4 is 6.09 Å². The van der Waals surface area contributed by atoms with E-state index < -0.39 is 0 Å². The van der Waals surface area contributed by atoms with E-state index in [9.17, 15) is 4.79 Å². The lowest BCUT2D eigenvalue weighted by Crippen LogP contribution is -2.23. The lowest BCUT2D eigenvalue weighted by atomic mass is 10.0.